The van der Waals surface area contributed by atoms with Crippen molar-refractivity contribution in [2.75, 3.05) is 18.0 Å². The van der Waals surface area contributed by atoms with E-state index in [4.69, 9.17) is 11.0 Å². The van der Waals surface area contributed by atoms with Gasteiger partial charge in [0.15, 0.2) is 9.84 Å². The fourth-order valence-electron chi connectivity index (χ4n) is 1.33. The van der Waals surface area contributed by atoms with E-state index >= 15 is 0 Å². The number of benzene rings is 1. The molecular formula is C11H12FN3O3S. The molecule has 0 spiro atoms. The van der Waals surface area contributed by atoms with E-state index in [2.05, 4.69) is 5.32 Å². The highest BCUT2D eigenvalue weighted by Crippen LogP contribution is 2.17. The molecule has 1 amide bonds. The van der Waals surface area contributed by atoms with Crippen molar-refractivity contribution >= 4 is 21.4 Å². The first-order valence-corrected chi connectivity index (χ1v) is 6.93. The first kappa shape index (κ1) is 14.9. The van der Waals surface area contributed by atoms with Gasteiger partial charge in [-0.3, -0.25) is 4.79 Å². The van der Waals surface area contributed by atoms with Gasteiger partial charge in [0.05, 0.1) is 17.4 Å². The molecule has 0 unspecified atom stereocenters. The van der Waals surface area contributed by atoms with Crippen LogP contribution in [0.15, 0.2) is 23.1 Å². The Bertz CT molecular complexity index is 602. The van der Waals surface area contributed by atoms with Gasteiger partial charge in [0.1, 0.15) is 11.6 Å². The number of nitrogens with zero attached hydrogens (tertiary/aromatic N) is 1. The molecular weight excluding hydrogens is 273 g/mol. The van der Waals surface area contributed by atoms with Crippen LogP contribution in [0.1, 0.15) is 6.42 Å². The zero-order chi connectivity index (χ0) is 14.5. The lowest BCUT2D eigenvalue weighted by Gasteiger charge is -2.06. The predicted octanol–water partition coefficient (Wildman–Crippen LogP) is 0.211. The largest absolute Gasteiger partial charge is 0.399 e. The maximum atomic E-state index is 13.1. The van der Waals surface area contributed by atoms with Gasteiger partial charge in [0, 0.05) is 12.2 Å². The summed E-state index contributed by atoms with van der Waals surface area (Å²) in [7, 11) is -3.96. The van der Waals surface area contributed by atoms with Gasteiger partial charge < -0.3 is 11.1 Å². The van der Waals surface area contributed by atoms with Crippen LogP contribution in [0.4, 0.5) is 10.1 Å². The van der Waals surface area contributed by atoms with Crippen LogP contribution in [0.25, 0.3) is 0 Å². The summed E-state index contributed by atoms with van der Waals surface area (Å²) in [6, 6.07) is 4.66. The maximum Gasteiger partial charge on any atom is 0.235 e. The van der Waals surface area contributed by atoms with Crippen molar-refractivity contribution in [2.45, 2.75) is 11.3 Å². The number of hydrogen-bond acceptors (Lipinski definition) is 5. The van der Waals surface area contributed by atoms with Gasteiger partial charge in [-0.2, -0.15) is 5.26 Å². The van der Waals surface area contributed by atoms with Crippen LogP contribution in [0.5, 0.6) is 0 Å². The van der Waals surface area contributed by atoms with E-state index in [0.29, 0.717) is 0 Å². The molecule has 102 valence electrons. The molecule has 3 N–H and O–H groups in total. The molecule has 1 aromatic rings. The third-order valence-corrected chi connectivity index (χ3v) is 3.73. The molecule has 0 aliphatic rings. The summed E-state index contributed by atoms with van der Waals surface area (Å²) in [6.45, 7) is 0.0656. The summed E-state index contributed by atoms with van der Waals surface area (Å²) in [4.78, 5) is 11.0. The average molecular weight is 285 g/mol. The molecule has 19 heavy (non-hydrogen) atoms. The molecule has 1 aromatic carbocycles. The number of nitrogen functional groups attached to an aromatic ring is 1. The minimum atomic E-state index is -3.96. The summed E-state index contributed by atoms with van der Waals surface area (Å²) in [5, 5.41) is 10.5. The highest BCUT2D eigenvalue weighted by Gasteiger charge is 2.20. The average Bonchev–Trinajstić information content (AvgIpc) is 2.27. The highest BCUT2D eigenvalue weighted by molar-refractivity contribution is 7.92. The maximum absolute atomic E-state index is 13.1. The van der Waals surface area contributed by atoms with Gasteiger partial charge in [0.25, 0.3) is 0 Å². The molecule has 0 aliphatic carbocycles. The Balaban J connectivity index is 2.81. The molecule has 0 aliphatic heterocycles. The first-order chi connectivity index (χ1) is 8.85. The third kappa shape index (κ3) is 4.56. The van der Waals surface area contributed by atoms with Crippen molar-refractivity contribution in [1.29, 1.82) is 5.26 Å². The molecule has 1 rings (SSSR count). The quantitative estimate of drug-likeness (QED) is 0.593. The number of hydrogen-bond donors (Lipinski definition) is 2. The van der Waals surface area contributed by atoms with Crippen molar-refractivity contribution in [2.24, 2.45) is 0 Å². The van der Waals surface area contributed by atoms with Gasteiger partial charge >= 0.3 is 0 Å². The Morgan fingerprint density at radius 2 is 2.11 bits per heavy atom. The number of amides is 1. The minimum Gasteiger partial charge on any atom is -0.399 e. The van der Waals surface area contributed by atoms with Crippen molar-refractivity contribution in [3.63, 3.8) is 0 Å². The lowest BCUT2D eigenvalue weighted by Crippen LogP contribution is -2.31. The second kappa shape index (κ2) is 6.15. The number of carbonyl (C=O) groups is 1. The zero-order valence-corrected chi connectivity index (χ0v) is 10.7. The van der Waals surface area contributed by atoms with Gasteiger partial charge in [-0.1, -0.05) is 0 Å². The Labute approximate surface area is 109 Å². The lowest BCUT2D eigenvalue weighted by atomic mass is 10.3. The molecule has 0 atom stereocenters. The Morgan fingerprint density at radius 3 is 2.68 bits per heavy atom. The monoisotopic (exact) mass is 285 g/mol. The van der Waals surface area contributed by atoms with E-state index in [1.165, 1.54) is 0 Å². The highest BCUT2D eigenvalue weighted by atomic mass is 32.2. The van der Waals surface area contributed by atoms with Crippen molar-refractivity contribution in [1.82, 2.24) is 5.32 Å². The molecule has 0 saturated carbocycles. The van der Waals surface area contributed by atoms with E-state index in [0.717, 1.165) is 18.2 Å². The van der Waals surface area contributed by atoms with Crippen LogP contribution in [-0.4, -0.2) is 26.6 Å². The molecule has 6 nitrogen and oxygen atoms in total. The Kier molecular flexibility index (Phi) is 4.83. The Hall–Kier alpha value is -2.14. The number of halogens is 1. The van der Waals surface area contributed by atoms with Crippen LogP contribution in [-0.2, 0) is 14.6 Å². The summed E-state index contributed by atoms with van der Waals surface area (Å²) in [5.41, 5.74) is 5.31. The smallest absolute Gasteiger partial charge is 0.235 e. The van der Waals surface area contributed by atoms with E-state index in [9.17, 15) is 17.6 Å². The predicted molar refractivity (Wildman–Crippen MR) is 66.1 cm³/mol. The first-order valence-electron chi connectivity index (χ1n) is 5.27. The number of nitriles is 1. The topological polar surface area (TPSA) is 113 Å². The molecule has 8 heteroatoms. The van der Waals surface area contributed by atoms with Crippen LogP contribution >= 0.6 is 0 Å². The van der Waals surface area contributed by atoms with Crippen molar-refractivity contribution < 1.29 is 17.6 Å². The summed E-state index contributed by atoms with van der Waals surface area (Å²) in [5.74, 6) is -2.36. The lowest BCUT2D eigenvalue weighted by molar-refractivity contribution is -0.118. The summed E-state index contributed by atoms with van der Waals surface area (Å²) >= 11 is 0. The normalized spacial score (nSPS) is 10.7. The van der Waals surface area contributed by atoms with Crippen molar-refractivity contribution in [3.05, 3.63) is 24.0 Å². The molecule has 0 fully saturated rings. The fraction of sp³-hybridized carbons (Fsp3) is 0.273. The van der Waals surface area contributed by atoms with Crippen LogP contribution in [0.2, 0.25) is 0 Å². The number of carbonyl (C=O) groups excluding carboxylic acids is 1. The number of anilines is 1. The van der Waals surface area contributed by atoms with Gasteiger partial charge in [0.2, 0.25) is 5.91 Å². The van der Waals surface area contributed by atoms with Crippen LogP contribution in [0, 0.1) is 17.1 Å². The second-order valence-corrected chi connectivity index (χ2v) is 5.73. The van der Waals surface area contributed by atoms with E-state index in [-0.39, 0.29) is 23.5 Å². The molecule has 0 saturated heterocycles. The standard InChI is InChI=1S/C11H12FN3O3S/c12-8-4-9(14)6-10(5-8)19(17,18)7-11(16)15-3-1-2-13/h4-6H,1,3,7,14H2,(H,15,16). The summed E-state index contributed by atoms with van der Waals surface area (Å²) in [6.07, 6.45) is 0.0820. The molecule has 0 aromatic heterocycles. The van der Waals surface area contributed by atoms with Gasteiger partial charge in [-0.05, 0) is 18.2 Å². The molecule has 0 radical (unpaired) electrons. The fourth-order valence-corrected chi connectivity index (χ4v) is 2.55. The third-order valence-electron chi connectivity index (χ3n) is 2.13. The van der Waals surface area contributed by atoms with Gasteiger partial charge in [-0.15, -0.1) is 0 Å². The van der Waals surface area contributed by atoms with E-state index in [1.54, 1.807) is 6.07 Å². The number of rotatable bonds is 5. The minimum absolute atomic E-state index is 0.0385. The van der Waals surface area contributed by atoms with Gasteiger partial charge in [-0.25, -0.2) is 12.8 Å². The van der Waals surface area contributed by atoms with Crippen molar-refractivity contribution in [3.8, 4) is 6.07 Å². The number of nitrogens with two attached hydrogens (primary N) is 1. The Morgan fingerprint density at radius 1 is 1.42 bits per heavy atom. The second-order valence-electron chi connectivity index (χ2n) is 3.74. The SMILES string of the molecule is N#CCCNC(=O)CS(=O)(=O)c1cc(N)cc(F)c1. The van der Waals surface area contributed by atoms with Crippen LogP contribution in [0.3, 0.4) is 0 Å². The zero-order valence-electron chi connectivity index (χ0n) is 9.89. The molecule has 0 heterocycles. The van der Waals surface area contributed by atoms with Crippen LogP contribution < -0.4 is 11.1 Å². The summed E-state index contributed by atoms with van der Waals surface area (Å²) < 4.78 is 36.7. The number of nitrogens with one attached hydrogen (secondary N) is 1. The molecule has 0 bridgehead atoms. The van der Waals surface area contributed by atoms with E-state index < -0.39 is 27.3 Å². The number of sulfone groups is 1. The van der Waals surface area contributed by atoms with E-state index in [1.807, 2.05) is 0 Å².